The van der Waals surface area contributed by atoms with Crippen LogP contribution in [0.1, 0.15) is 38.7 Å². The first-order valence-electron chi connectivity index (χ1n) is 10.5. The van der Waals surface area contributed by atoms with Crippen LogP contribution in [-0.4, -0.2) is 35.9 Å². The molecule has 0 amide bonds. The highest BCUT2D eigenvalue weighted by Gasteiger charge is 2.55. The zero-order valence-electron chi connectivity index (χ0n) is 17.2. The van der Waals surface area contributed by atoms with Crippen molar-refractivity contribution in [3.05, 3.63) is 47.2 Å². The molecule has 0 bridgehead atoms. The predicted molar refractivity (Wildman–Crippen MR) is 116 cm³/mol. The fourth-order valence-electron chi connectivity index (χ4n) is 5.11. The minimum absolute atomic E-state index is 0.0708. The van der Waals surface area contributed by atoms with Crippen molar-refractivity contribution in [2.75, 3.05) is 6.61 Å². The first kappa shape index (κ1) is 19.6. The van der Waals surface area contributed by atoms with Gasteiger partial charge < -0.3 is 19.9 Å². The molecule has 2 aromatic rings. The molecule has 3 aliphatic rings. The summed E-state index contributed by atoms with van der Waals surface area (Å²) >= 11 is 6.17. The van der Waals surface area contributed by atoms with E-state index in [0.29, 0.717) is 11.6 Å². The van der Waals surface area contributed by atoms with Crippen molar-refractivity contribution in [1.29, 1.82) is 0 Å². The molecule has 1 spiro atoms. The number of hydrogen-bond donors (Lipinski definition) is 1. The van der Waals surface area contributed by atoms with Crippen molar-refractivity contribution in [2.24, 2.45) is 16.6 Å². The summed E-state index contributed by atoms with van der Waals surface area (Å²) in [7, 11) is 0. The van der Waals surface area contributed by atoms with Crippen molar-refractivity contribution in [3.8, 4) is 16.9 Å². The smallest absolute Gasteiger partial charge is 0.283 e. The zero-order valence-corrected chi connectivity index (χ0v) is 17.9. The van der Waals surface area contributed by atoms with Crippen molar-refractivity contribution in [1.82, 2.24) is 4.98 Å². The summed E-state index contributed by atoms with van der Waals surface area (Å²) in [5, 5.41) is 0.601. The minimum Gasteiger partial charge on any atom is -0.490 e. The van der Waals surface area contributed by atoms with Gasteiger partial charge in [0.2, 0.25) is 0 Å². The number of nitrogens with zero attached hydrogens (tertiary/aromatic N) is 2. The highest BCUT2D eigenvalue weighted by Crippen LogP contribution is 2.53. The molecule has 1 aromatic carbocycles. The van der Waals surface area contributed by atoms with Crippen LogP contribution in [0.2, 0.25) is 5.02 Å². The minimum atomic E-state index is -0.566. The van der Waals surface area contributed by atoms with Crippen LogP contribution >= 0.6 is 11.6 Å². The van der Waals surface area contributed by atoms with Crippen molar-refractivity contribution in [2.45, 2.75) is 57.0 Å². The van der Waals surface area contributed by atoms with E-state index in [1.54, 1.807) is 6.20 Å². The van der Waals surface area contributed by atoms with Crippen LogP contribution < -0.4 is 10.5 Å². The van der Waals surface area contributed by atoms with Gasteiger partial charge in [0.25, 0.3) is 6.02 Å². The highest BCUT2D eigenvalue weighted by atomic mass is 35.5. The molecule has 0 radical (unpaired) electrons. The Bertz CT molecular complexity index is 995. The molecule has 1 fully saturated rings. The van der Waals surface area contributed by atoms with Crippen molar-refractivity contribution in [3.63, 3.8) is 0 Å². The molecule has 5 rings (SSSR count). The third-order valence-corrected chi connectivity index (χ3v) is 6.54. The molecule has 6 nitrogen and oxygen atoms in total. The van der Waals surface area contributed by atoms with E-state index in [4.69, 9.17) is 36.5 Å². The second-order valence-electron chi connectivity index (χ2n) is 8.65. The van der Waals surface area contributed by atoms with Crippen LogP contribution in [0.5, 0.6) is 5.75 Å². The maximum atomic E-state index is 6.46. The number of ether oxygens (including phenoxy) is 3. The van der Waals surface area contributed by atoms with E-state index in [0.717, 1.165) is 41.7 Å². The Labute approximate surface area is 181 Å². The Kier molecular flexibility index (Phi) is 4.86. The van der Waals surface area contributed by atoms with Crippen LogP contribution in [0.3, 0.4) is 0 Å². The van der Waals surface area contributed by atoms with Gasteiger partial charge in [-0.3, -0.25) is 4.98 Å². The summed E-state index contributed by atoms with van der Waals surface area (Å²) in [4.78, 5) is 9.09. The first-order valence-corrected chi connectivity index (χ1v) is 10.9. The molecule has 30 heavy (non-hydrogen) atoms. The van der Waals surface area contributed by atoms with Crippen LogP contribution in [0, 0.1) is 5.92 Å². The lowest BCUT2D eigenvalue weighted by Gasteiger charge is -2.48. The monoisotopic (exact) mass is 427 g/mol. The van der Waals surface area contributed by atoms with Crippen LogP contribution in [-0.2, 0) is 15.0 Å². The number of hydrogen-bond acceptors (Lipinski definition) is 6. The Balaban J connectivity index is 1.59. The van der Waals surface area contributed by atoms with Gasteiger partial charge in [-0.2, -0.15) is 0 Å². The van der Waals surface area contributed by atoms with Gasteiger partial charge in [0.15, 0.2) is 0 Å². The molecule has 1 saturated carbocycles. The Morgan fingerprint density at radius 1 is 1.20 bits per heavy atom. The molecule has 2 N–H and O–H groups in total. The summed E-state index contributed by atoms with van der Waals surface area (Å²) in [5.74, 6) is 0.983. The lowest BCUT2D eigenvalue weighted by Crippen LogP contribution is -2.52. The van der Waals surface area contributed by atoms with Gasteiger partial charge in [-0.05, 0) is 56.9 Å². The lowest BCUT2D eigenvalue weighted by atomic mass is 9.67. The van der Waals surface area contributed by atoms with Gasteiger partial charge in [0, 0.05) is 29.4 Å². The average molecular weight is 428 g/mol. The number of pyridine rings is 1. The van der Waals surface area contributed by atoms with Gasteiger partial charge in [-0.25, -0.2) is 4.99 Å². The fourth-order valence-corrected chi connectivity index (χ4v) is 5.29. The van der Waals surface area contributed by atoms with E-state index in [1.165, 1.54) is 0 Å². The third kappa shape index (κ3) is 3.32. The van der Waals surface area contributed by atoms with Crippen molar-refractivity contribution >= 4 is 17.6 Å². The molecule has 3 heterocycles. The van der Waals surface area contributed by atoms with E-state index in [9.17, 15) is 0 Å². The topological polar surface area (TPSA) is 79.0 Å². The van der Waals surface area contributed by atoms with Crippen molar-refractivity contribution < 1.29 is 14.2 Å². The number of amidine groups is 1. The highest BCUT2D eigenvalue weighted by molar-refractivity contribution is 6.30. The van der Waals surface area contributed by atoms with E-state index in [-0.39, 0.29) is 30.3 Å². The molecular formula is C23H26ClN3O3. The molecule has 158 valence electrons. The van der Waals surface area contributed by atoms with E-state index in [1.807, 2.05) is 24.4 Å². The van der Waals surface area contributed by atoms with E-state index in [2.05, 4.69) is 24.9 Å². The fraction of sp³-hybridized carbons (Fsp3) is 0.478. The zero-order chi connectivity index (χ0) is 20.9. The largest absolute Gasteiger partial charge is 0.490 e. The molecular weight excluding hydrogens is 402 g/mol. The molecule has 1 unspecified atom stereocenters. The number of halogens is 1. The molecule has 1 aromatic heterocycles. The number of aliphatic imine (C=N–C) groups is 1. The van der Waals surface area contributed by atoms with Crippen LogP contribution in [0.15, 0.2) is 41.7 Å². The average Bonchev–Trinajstić information content (AvgIpc) is 3.10. The molecule has 7 heteroatoms. The summed E-state index contributed by atoms with van der Waals surface area (Å²) < 4.78 is 18.4. The normalized spacial score (nSPS) is 29.7. The SMILES string of the molecule is CC(C)O[C@@H]1CC[C@H]2Oc3ccc(-c4cncc(Cl)c4)cc3C3(COC(N)=N3)[C@H]2C1. The number of nitrogens with two attached hydrogens (primary N) is 1. The molecule has 4 atom stereocenters. The van der Waals surface area contributed by atoms with E-state index < -0.39 is 5.54 Å². The van der Waals surface area contributed by atoms with Crippen LogP contribution in [0.25, 0.3) is 11.1 Å². The van der Waals surface area contributed by atoms with Gasteiger partial charge in [-0.1, -0.05) is 17.7 Å². The molecule has 0 saturated heterocycles. The van der Waals surface area contributed by atoms with Gasteiger partial charge in [0.05, 0.1) is 17.2 Å². The second-order valence-corrected chi connectivity index (χ2v) is 9.08. The summed E-state index contributed by atoms with van der Waals surface area (Å²) in [6.07, 6.45) is 6.66. The first-order chi connectivity index (χ1) is 14.4. The molecule has 1 aliphatic carbocycles. The van der Waals surface area contributed by atoms with Gasteiger partial charge >= 0.3 is 0 Å². The molecule has 2 aliphatic heterocycles. The Morgan fingerprint density at radius 3 is 2.80 bits per heavy atom. The number of benzene rings is 1. The Hall–Kier alpha value is -2.31. The number of fused-ring (bicyclic) bond motifs is 4. The second kappa shape index (κ2) is 7.43. The third-order valence-electron chi connectivity index (χ3n) is 6.33. The standard InChI is InChI=1S/C23H26ClN3O3/c1-13(2)29-17-4-6-21-19(9-17)23(12-28-22(25)27-23)18-8-14(3-5-20(18)30-21)15-7-16(24)11-26-10-15/h3,5,7-8,10-11,13,17,19,21H,4,6,9,12H2,1-2H3,(H2,25,27)/t17-,19+,21-,23?/m1/s1. The number of rotatable bonds is 3. The van der Waals surface area contributed by atoms with Gasteiger partial charge in [-0.15, -0.1) is 0 Å². The van der Waals surface area contributed by atoms with Gasteiger partial charge in [0.1, 0.15) is 24.0 Å². The summed E-state index contributed by atoms with van der Waals surface area (Å²) in [6, 6.07) is 8.33. The Morgan fingerprint density at radius 2 is 2.07 bits per heavy atom. The van der Waals surface area contributed by atoms with Crippen LogP contribution in [0.4, 0.5) is 0 Å². The van der Waals surface area contributed by atoms with E-state index >= 15 is 0 Å². The predicted octanol–water partition coefficient (Wildman–Crippen LogP) is 4.30. The maximum absolute atomic E-state index is 6.46. The lowest BCUT2D eigenvalue weighted by molar-refractivity contribution is -0.0791. The number of aromatic nitrogens is 1. The summed E-state index contributed by atoms with van der Waals surface area (Å²) in [6.45, 7) is 4.57. The summed E-state index contributed by atoms with van der Waals surface area (Å²) in [5.41, 5.74) is 8.43. The quantitative estimate of drug-likeness (QED) is 0.790. The maximum Gasteiger partial charge on any atom is 0.283 e.